The van der Waals surface area contributed by atoms with Gasteiger partial charge in [0, 0.05) is 11.3 Å². The molecule has 0 aliphatic rings. The number of hydrogen-bond donors (Lipinski definition) is 1. The first kappa shape index (κ1) is 13.6. The SMILES string of the molecule is C=C(CC(C)C)c1cc(C(F)(F)F)ccc1N. The second-order valence-corrected chi connectivity index (χ2v) is 4.50. The lowest BCUT2D eigenvalue weighted by Crippen LogP contribution is -2.07. The fourth-order valence-corrected chi connectivity index (χ4v) is 1.64. The van der Waals surface area contributed by atoms with Crippen LogP contribution in [0.5, 0.6) is 0 Å². The van der Waals surface area contributed by atoms with Crippen LogP contribution in [0.25, 0.3) is 5.57 Å². The van der Waals surface area contributed by atoms with Crippen LogP contribution in [-0.2, 0) is 6.18 Å². The molecule has 2 N–H and O–H groups in total. The average molecular weight is 243 g/mol. The highest BCUT2D eigenvalue weighted by molar-refractivity contribution is 5.74. The first-order chi connectivity index (χ1) is 7.71. The van der Waals surface area contributed by atoms with Crippen LogP contribution >= 0.6 is 0 Å². The van der Waals surface area contributed by atoms with Gasteiger partial charge in [-0.05, 0) is 36.1 Å². The summed E-state index contributed by atoms with van der Waals surface area (Å²) in [5.41, 5.74) is 6.37. The van der Waals surface area contributed by atoms with Gasteiger partial charge in [-0.25, -0.2) is 0 Å². The number of hydrogen-bond acceptors (Lipinski definition) is 1. The Labute approximate surface area is 99.1 Å². The fraction of sp³-hybridized carbons (Fsp3) is 0.385. The number of benzene rings is 1. The van der Waals surface area contributed by atoms with Crippen molar-refractivity contribution < 1.29 is 13.2 Å². The normalized spacial score (nSPS) is 11.9. The van der Waals surface area contributed by atoms with Crippen LogP contribution in [0.3, 0.4) is 0 Å². The highest BCUT2D eigenvalue weighted by Crippen LogP contribution is 2.34. The van der Waals surface area contributed by atoms with E-state index in [9.17, 15) is 13.2 Å². The zero-order valence-corrected chi connectivity index (χ0v) is 9.93. The van der Waals surface area contributed by atoms with E-state index in [-0.39, 0.29) is 0 Å². The highest BCUT2D eigenvalue weighted by atomic mass is 19.4. The van der Waals surface area contributed by atoms with Crippen LogP contribution in [0.1, 0.15) is 31.4 Å². The summed E-state index contributed by atoms with van der Waals surface area (Å²) < 4.78 is 37.7. The third kappa shape index (κ3) is 3.51. The van der Waals surface area contributed by atoms with E-state index in [4.69, 9.17) is 5.73 Å². The third-order valence-corrected chi connectivity index (χ3v) is 2.42. The minimum absolute atomic E-state index is 0.330. The van der Waals surface area contributed by atoms with Crippen molar-refractivity contribution in [3.63, 3.8) is 0 Å². The number of allylic oxidation sites excluding steroid dienone is 1. The molecule has 0 saturated heterocycles. The van der Waals surface area contributed by atoms with E-state index in [2.05, 4.69) is 6.58 Å². The Bertz CT molecular complexity index is 419. The van der Waals surface area contributed by atoms with E-state index < -0.39 is 11.7 Å². The number of rotatable bonds is 3. The van der Waals surface area contributed by atoms with E-state index in [1.165, 1.54) is 6.07 Å². The average Bonchev–Trinajstić information content (AvgIpc) is 2.15. The molecule has 4 heteroatoms. The Morgan fingerprint density at radius 2 is 1.94 bits per heavy atom. The van der Waals surface area contributed by atoms with Crippen molar-refractivity contribution in [2.75, 3.05) is 5.73 Å². The van der Waals surface area contributed by atoms with Crippen LogP contribution in [0.2, 0.25) is 0 Å². The summed E-state index contributed by atoms with van der Waals surface area (Å²) in [5, 5.41) is 0. The summed E-state index contributed by atoms with van der Waals surface area (Å²) in [6.07, 6.45) is -3.72. The van der Waals surface area contributed by atoms with Crippen molar-refractivity contribution in [1.29, 1.82) is 0 Å². The second kappa shape index (κ2) is 4.82. The van der Waals surface area contributed by atoms with Crippen LogP contribution in [0.15, 0.2) is 24.8 Å². The molecule has 0 heterocycles. The molecule has 0 radical (unpaired) electrons. The van der Waals surface area contributed by atoms with E-state index in [0.29, 0.717) is 29.2 Å². The monoisotopic (exact) mass is 243 g/mol. The quantitative estimate of drug-likeness (QED) is 0.785. The number of alkyl halides is 3. The Hall–Kier alpha value is -1.45. The van der Waals surface area contributed by atoms with E-state index in [0.717, 1.165) is 12.1 Å². The van der Waals surface area contributed by atoms with Crippen molar-refractivity contribution in [3.8, 4) is 0 Å². The highest BCUT2D eigenvalue weighted by Gasteiger charge is 2.31. The first-order valence-electron chi connectivity index (χ1n) is 5.36. The second-order valence-electron chi connectivity index (χ2n) is 4.50. The molecule has 0 amide bonds. The summed E-state index contributed by atoms with van der Waals surface area (Å²) in [6, 6.07) is 3.34. The largest absolute Gasteiger partial charge is 0.416 e. The van der Waals surface area contributed by atoms with Gasteiger partial charge in [0.25, 0.3) is 0 Å². The van der Waals surface area contributed by atoms with E-state index in [1.54, 1.807) is 0 Å². The minimum atomic E-state index is -4.35. The van der Waals surface area contributed by atoms with Crippen LogP contribution in [0, 0.1) is 5.92 Å². The molecule has 1 aromatic rings. The Morgan fingerprint density at radius 3 is 2.41 bits per heavy atom. The molecule has 0 unspecified atom stereocenters. The van der Waals surface area contributed by atoms with Crippen molar-refractivity contribution in [2.24, 2.45) is 5.92 Å². The minimum Gasteiger partial charge on any atom is -0.398 e. The Kier molecular flexibility index (Phi) is 3.86. The standard InChI is InChI=1S/C13H16F3N/c1-8(2)6-9(3)11-7-10(13(14,15)16)4-5-12(11)17/h4-5,7-8H,3,6,17H2,1-2H3. The van der Waals surface area contributed by atoms with E-state index >= 15 is 0 Å². The maximum absolute atomic E-state index is 12.6. The van der Waals surface area contributed by atoms with Gasteiger partial charge in [-0.3, -0.25) is 0 Å². The number of anilines is 1. The van der Waals surface area contributed by atoms with Crippen LogP contribution < -0.4 is 5.73 Å². The predicted molar refractivity (Wildman–Crippen MR) is 64.3 cm³/mol. The zero-order chi connectivity index (χ0) is 13.2. The molecule has 0 spiro atoms. The maximum atomic E-state index is 12.6. The molecule has 1 aromatic carbocycles. The molecule has 94 valence electrons. The lowest BCUT2D eigenvalue weighted by Gasteiger charge is -2.14. The zero-order valence-electron chi connectivity index (χ0n) is 9.93. The molecule has 0 aliphatic carbocycles. The lowest BCUT2D eigenvalue weighted by atomic mass is 9.95. The van der Waals surface area contributed by atoms with Crippen molar-refractivity contribution >= 4 is 11.3 Å². The van der Waals surface area contributed by atoms with Gasteiger partial charge in [0.1, 0.15) is 0 Å². The van der Waals surface area contributed by atoms with Crippen molar-refractivity contribution in [1.82, 2.24) is 0 Å². The third-order valence-electron chi connectivity index (χ3n) is 2.42. The van der Waals surface area contributed by atoms with Gasteiger partial charge in [0.05, 0.1) is 5.56 Å². The Morgan fingerprint density at radius 1 is 1.35 bits per heavy atom. The van der Waals surface area contributed by atoms with Crippen LogP contribution in [0.4, 0.5) is 18.9 Å². The first-order valence-corrected chi connectivity index (χ1v) is 5.36. The summed E-state index contributed by atoms with van der Waals surface area (Å²) in [7, 11) is 0. The summed E-state index contributed by atoms with van der Waals surface area (Å²) in [5.74, 6) is 0.330. The molecule has 0 aromatic heterocycles. The molecule has 0 atom stereocenters. The molecule has 1 rings (SSSR count). The maximum Gasteiger partial charge on any atom is 0.416 e. The summed E-state index contributed by atoms with van der Waals surface area (Å²) >= 11 is 0. The molecule has 17 heavy (non-hydrogen) atoms. The number of nitrogens with two attached hydrogens (primary N) is 1. The molecule has 0 bridgehead atoms. The van der Waals surface area contributed by atoms with Crippen LogP contribution in [-0.4, -0.2) is 0 Å². The summed E-state index contributed by atoms with van der Waals surface area (Å²) in [6.45, 7) is 7.76. The molecule has 1 nitrogen and oxygen atoms in total. The lowest BCUT2D eigenvalue weighted by molar-refractivity contribution is -0.137. The van der Waals surface area contributed by atoms with Gasteiger partial charge >= 0.3 is 6.18 Å². The van der Waals surface area contributed by atoms with Gasteiger partial charge in [-0.15, -0.1) is 0 Å². The topological polar surface area (TPSA) is 26.0 Å². The molecule has 0 saturated carbocycles. The smallest absolute Gasteiger partial charge is 0.398 e. The van der Waals surface area contributed by atoms with Gasteiger partial charge in [0.15, 0.2) is 0 Å². The predicted octanol–water partition coefficient (Wildman–Crippen LogP) is 4.35. The molecular formula is C13H16F3N. The number of halogens is 3. The molecule has 0 fully saturated rings. The van der Waals surface area contributed by atoms with Gasteiger partial charge in [-0.1, -0.05) is 20.4 Å². The van der Waals surface area contributed by atoms with Gasteiger partial charge in [-0.2, -0.15) is 13.2 Å². The number of nitrogen functional groups attached to an aromatic ring is 1. The molecule has 0 aliphatic heterocycles. The van der Waals surface area contributed by atoms with E-state index in [1.807, 2.05) is 13.8 Å². The van der Waals surface area contributed by atoms with Crippen molar-refractivity contribution in [2.45, 2.75) is 26.4 Å². The summed E-state index contributed by atoms with van der Waals surface area (Å²) in [4.78, 5) is 0. The molecular weight excluding hydrogens is 227 g/mol. The Balaban J connectivity index is 3.11. The van der Waals surface area contributed by atoms with Crippen molar-refractivity contribution in [3.05, 3.63) is 35.9 Å². The fourth-order valence-electron chi connectivity index (χ4n) is 1.64. The van der Waals surface area contributed by atoms with Gasteiger partial charge < -0.3 is 5.73 Å². The van der Waals surface area contributed by atoms with Gasteiger partial charge in [0.2, 0.25) is 0 Å².